The SMILES string of the molecule is CC1CCN(c2nnc(SCc3nc(-c4ccc(C(F)(F)F)cc4)no3)n2C2CC2)CC1. The lowest BCUT2D eigenvalue weighted by atomic mass is 10.00. The van der Waals surface area contributed by atoms with Crippen LogP contribution in [0.5, 0.6) is 0 Å². The van der Waals surface area contributed by atoms with Crippen molar-refractivity contribution in [2.45, 2.75) is 55.7 Å². The summed E-state index contributed by atoms with van der Waals surface area (Å²) in [7, 11) is 0. The first-order chi connectivity index (χ1) is 15.4. The van der Waals surface area contributed by atoms with E-state index in [1.807, 2.05) is 0 Å². The fraction of sp³-hybridized carbons (Fsp3) is 0.524. The van der Waals surface area contributed by atoms with Gasteiger partial charge < -0.3 is 9.42 Å². The van der Waals surface area contributed by atoms with E-state index in [1.165, 1.54) is 23.9 Å². The topological polar surface area (TPSA) is 72.9 Å². The van der Waals surface area contributed by atoms with Crippen LogP contribution in [0.1, 0.15) is 50.1 Å². The van der Waals surface area contributed by atoms with Gasteiger partial charge >= 0.3 is 6.18 Å². The Hall–Kier alpha value is -2.56. The molecular weight excluding hydrogens is 441 g/mol. The van der Waals surface area contributed by atoms with Gasteiger partial charge in [-0.25, -0.2) is 0 Å². The molecule has 2 aromatic heterocycles. The van der Waals surface area contributed by atoms with E-state index in [1.54, 1.807) is 0 Å². The van der Waals surface area contributed by atoms with Crippen LogP contribution in [0, 0.1) is 5.92 Å². The van der Waals surface area contributed by atoms with Crippen molar-refractivity contribution in [1.82, 2.24) is 24.9 Å². The molecule has 0 bridgehead atoms. The third kappa shape index (κ3) is 4.48. The number of halogens is 3. The number of hydrogen-bond acceptors (Lipinski definition) is 7. The summed E-state index contributed by atoms with van der Waals surface area (Å²) in [6.07, 6.45) is 0.201. The average Bonchev–Trinajstić information content (AvgIpc) is 3.34. The number of benzene rings is 1. The van der Waals surface area contributed by atoms with Crippen LogP contribution in [0.25, 0.3) is 11.4 Å². The zero-order chi connectivity index (χ0) is 22.3. The van der Waals surface area contributed by atoms with Crippen molar-refractivity contribution in [3.8, 4) is 11.4 Å². The Bertz CT molecular complexity index is 1070. The van der Waals surface area contributed by atoms with E-state index in [2.05, 4.69) is 36.7 Å². The second kappa shape index (κ2) is 8.42. The molecule has 2 fully saturated rings. The van der Waals surface area contributed by atoms with Crippen molar-refractivity contribution in [2.75, 3.05) is 18.0 Å². The lowest BCUT2D eigenvalue weighted by molar-refractivity contribution is -0.137. The fourth-order valence-electron chi connectivity index (χ4n) is 3.81. The molecule has 0 radical (unpaired) electrons. The summed E-state index contributed by atoms with van der Waals surface area (Å²) in [6.45, 7) is 4.28. The molecule has 32 heavy (non-hydrogen) atoms. The molecule has 0 atom stereocenters. The lowest BCUT2D eigenvalue weighted by Gasteiger charge is -2.31. The molecule has 0 N–H and O–H groups in total. The molecular formula is C21H23F3N6OS. The Morgan fingerprint density at radius 1 is 1.06 bits per heavy atom. The minimum Gasteiger partial charge on any atom is -0.341 e. The van der Waals surface area contributed by atoms with Gasteiger partial charge in [-0.3, -0.25) is 4.57 Å². The Kier molecular flexibility index (Phi) is 5.60. The molecule has 5 rings (SSSR count). The third-order valence-corrected chi connectivity index (χ3v) is 6.82. The largest absolute Gasteiger partial charge is 0.416 e. The number of alkyl halides is 3. The second-order valence-corrected chi connectivity index (χ2v) is 9.37. The van der Waals surface area contributed by atoms with Crippen LogP contribution < -0.4 is 4.90 Å². The van der Waals surface area contributed by atoms with Crippen molar-refractivity contribution in [2.24, 2.45) is 5.92 Å². The minimum atomic E-state index is -4.37. The van der Waals surface area contributed by atoms with Gasteiger partial charge in [0, 0.05) is 24.7 Å². The van der Waals surface area contributed by atoms with Gasteiger partial charge in [-0.05, 0) is 43.7 Å². The molecule has 1 aliphatic carbocycles. The van der Waals surface area contributed by atoms with E-state index in [0.717, 1.165) is 67.9 Å². The van der Waals surface area contributed by atoms with E-state index in [4.69, 9.17) is 4.52 Å². The van der Waals surface area contributed by atoms with Gasteiger partial charge in [0.05, 0.1) is 11.3 Å². The number of anilines is 1. The maximum atomic E-state index is 12.8. The summed E-state index contributed by atoms with van der Waals surface area (Å²) in [5, 5.41) is 13.6. The fourth-order valence-corrected chi connectivity index (χ4v) is 4.65. The molecule has 1 aliphatic heterocycles. The normalized spacial score (nSPS) is 17.8. The highest BCUT2D eigenvalue weighted by Gasteiger charge is 2.33. The van der Waals surface area contributed by atoms with E-state index < -0.39 is 11.7 Å². The average molecular weight is 465 g/mol. The lowest BCUT2D eigenvalue weighted by Crippen LogP contribution is -2.34. The monoisotopic (exact) mass is 464 g/mol. The van der Waals surface area contributed by atoms with Gasteiger partial charge in [-0.2, -0.15) is 18.2 Å². The Morgan fingerprint density at radius 3 is 2.44 bits per heavy atom. The molecule has 1 saturated carbocycles. The van der Waals surface area contributed by atoms with E-state index in [0.29, 0.717) is 23.2 Å². The maximum absolute atomic E-state index is 12.8. The molecule has 1 aromatic carbocycles. The molecule has 3 aromatic rings. The molecule has 3 heterocycles. The molecule has 0 spiro atoms. The van der Waals surface area contributed by atoms with Crippen molar-refractivity contribution in [3.05, 3.63) is 35.7 Å². The number of hydrogen-bond donors (Lipinski definition) is 0. The van der Waals surface area contributed by atoms with Crippen LogP contribution in [-0.4, -0.2) is 38.0 Å². The summed E-state index contributed by atoms with van der Waals surface area (Å²) < 4.78 is 45.8. The molecule has 1 saturated heterocycles. The number of aromatic nitrogens is 5. The number of thioether (sulfide) groups is 1. The highest BCUT2D eigenvalue weighted by atomic mass is 32.2. The smallest absolute Gasteiger partial charge is 0.341 e. The summed E-state index contributed by atoms with van der Waals surface area (Å²) >= 11 is 1.49. The third-order valence-electron chi connectivity index (χ3n) is 5.89. The predicted octanol–water partition coefficient (Wildman–Crippen LogP) is 5.21. The van der Waals surface area contributed by atoms with E-state index in [9.17, 15) is 13.2 Å². The maximum Gasteiger partial charge on any atom is 0.416 e. The van der Waals surface area contributed by atoms with Gasteiger partial charge in [0.15, 0.2) is 5.16 Å². The second-order valence-electron chi connectivity index (χ2n) is 8.43. The summed E-state index contributed by atoms with van der Waals surface area (Å²) in [6, 6.07) is 5.16. The van der Waals surface area contributed by atoms with Gasteiger partial charge in [0.1, 0.15) is 0 Å². The molecule has 0 unspecified atom stereocenters. The molecule has 2 aliphatic rings. The van der Waals surface area contributed by atoms with Crippen LogP contribution in [-0.2, 0) is 11.9 Å². The zero-order valence-electron chi connectivity index (χ0n) is 17.5. The van der Waals surface area contributed by atoms with Gasteiger partial charge in [-0.15, -0.1) is 10.2 Å². The Balaban J connectivity index is 1.27. The summed E-state index contributed by atoms with van der Waals surface area (Å²) in [5.41, 5.74) is -0.236. The highest BCUT2D eigenvalue weighted by molar-refractivity contribution is 7.98. The van der Waals surface area contributed by atoms with Crippen LogP contribution in [0.4, 0.5) is 19.1 Å². The van der Waals surface area contributed by atoms with Gasteiger partial charge in [-0.1, -0.05) is 36.0 Å². The summed E-state index contributed by atoms with van der Waals surface area (Å²) in [4.78, 5) is 6.66. The number of piperidine rings is 1. The van der Waals surface area contributed by atoms with Crippen molar-refractivity contribution in [1.29, 1.82) is 0 Å². The van der Waals surface area contributed by atoms with Crippen molar-refractivity contribution < 1.29 is 17.7 Å². The molecule has 0 amide bonds. The van der Waals surface area contributed by atoms with Crippen LogP contribution in [0.15, 0.2) is 33.9 Å². The van der Waals surface area contributed by atoms with E-state index in [-0.39, 0.29) is 5.82 Å². The van der Waals surface area contributed by atoms with Crippen LogP contribution in [0.2, 0.25) is 0 Å². The number of nitrogens with zero attached hydrogens (tertiary/aromatic N) is 6. The minimum absolute atomic E-state index is 0.265. The van der Waals surface area contributed by atoms with Crippen molar-refractivity contribution in [3.63, 3.8) is 0 Å². The van der Waals surface area contributed by atoms with E-state index >= 15 is 0 Å². The van der Waals surface area contributed by atoms with Gasteiger partial charge in [0.25, 0.3) is 0 Å². The Morgan fingerprint density at radius 2 is 1.78 bits per heavy atom. The zero-order valence-corrected chi connectivity index (χ0v) is 18.4. The van der Waals surface area contributed by atoms with Crippen LogP contribution >= 0.6 is 11.8 Å². The molecule has 11 heteroatoms. The first-order valence-electron chi connectivity index (χ1n) is 10.7. The standard InChI is InChI=1S/C21H23F3N6OS/c1-13-8-10-29(11-9-13)19-26-27-20(30(19)16-6-7-16)32-12-17-25-18(28-31-17)14-2-4-15(5-3-14)21(22,23)24/h2-5,13,16H,6-12H2,1H3. The van der Waals surface area contributed by atoms with Gasteiger partial charge in [0.2, 0.25) is 17.7 Å². The highest BCUT2D eigenvalue weighted by Crippen LogP contribution is 2.42. The quantitative estimate of drug-likeness (QED) is 0.464. The Labute approximate surface area is 187 Å². The first-order valence-corrected chi connectivity index (χ1v) is 11.7. The number of rotatable bonds is 6. The molecule has 7 nitrogen and oxygen atoms in total. The van der Waals surface area contributed by atoms with Crippen LogP contribution in [0.3, 0.4) is 0 Å². The first kappa shape index (κ1) is 21.3. The van der Waals surface area contributed by atoms with Crippen molar-refractivity contribution >= 4 is 17.7 Å². The summed E-state index contributed by atoms with van der Waals surface area (Å²) in [5.74, 6) is 2.76. The predicted molar refractivity (Wildman–Crippen MR) is 113 cm³/mol. The molecule has 170 valence electrons.